The van der Waals surface area contributed by atoms with Crippen LogP contribution < -0.4 is 59.7 Å². The number of nitrogens with two attached hydrogens (primary N) is 3. The van der Waals surface area contributed by atoms with Crippen molar-refractivity contribution < 1.29 is 67.4 Å². The average molecular weight is 1290 g/mol. The molecule has 2 aromatic rings. The lowest BCUT2D eigenvalue weighted by Crippen LogP contribution is -2.61. The number of rotatable bonds is 37. The molecule has 2 aromatic carbocycles. The second-order valence-electron chi connectivity index (χ2n) is 23.0. The zero-order valence-electron chi connectivity index (χ0n) is 51.6. The van der Waals surface area contributed by atoms with E-state index >= 15 is 4.79 Å². The van der Waals surface area contributed by atoms with Crippen LogP contribution >= 0.6 is 25.3 Å². The Morgan fingerprint density at radius 1 is 0.656 bits per heavy atom. The molecule has 29 heteroatoms. The molecule has 0 bridgehead atoms. The number of likely N-dealkylation sites (tertiary alicyclic amines) is 2. The van der Waals surface area contributed by atoms with Crippen molar-refractivity contribution in [3.05, 3.63) is 78.4 Å². The van der Waals surface area contributed by atoms with Crippen molar-refractivity contribution in [3.8, 4) is 5.75 Å². The van der Waals surface area contributed by atoms with Gasteiger partial charge in [-0.3, -0.25) is 52.7 Å². The average Bonchev–Trinajstić information content (AvgIpc) is 1.71. The Bertz CT molecular complexity index is 2800. The Hall–Kier alpha value is -7.92. The Balaban J connectivity index is 1.62. The van der Waals surface area contributed by atoms with E-state index in [9.17, 15) is 57.8 Å². The minimum Gasteiger partial charge on any atom is -0.508 e. The molecule has 2 saturated heterocycles. The van der Waals surface area contributed by atoms with Crippen LogP contribution in [0.4, 0.5) is 4.79 Å². The molecule has 90 heavy (non-hydrogen) atoms. The number of benzene rings is 2. The van der Waals surface area contributed by atoms with Crippen LogP contribution in [0.2, 0.25) is 0 Å². The number of thiol groups is 2. The van der Waals surface area contributed by atoms with Crippen LogP contribution in [0.1, 0.15) is 109 Å². The Morgan fingerprint density at radius 3 is 1.80 bits per heavy atom. The summed E-state index contributed by atoms with van der Waals surface area (Å²) in [6.07, 6.45) is 2.05. The topological polar surface area (TPSA) is 415 Å². The van der Waals surface area contributed by atoms with E-state index in [1.165, 1.54) is 40.1 Å². The number of nitrogens with one attached hydrogen (secondary N) is 8. The number of ether oxygens (including phenoxy) is 1. The molecule has 12 amide bonds. The van der Waals surface area contributed by atoms with Gasteiger partial charge >= 0.3 is 6.09 Å². The summed E-state index contributed by atoms with van der Waals surface area (Å²) in [5, 5.41) is 31.5. The highest BCUT2D eigenvalue weighted by molar-refractivity contribution is 7.80. The second-order valence-corrected chi connectivity index (χ2v) is 23.7. The molecule has 27 nitrogen and oxygen atoms in total. The van der Waals surface area contributed by atoms with Gasteiger partial charge in [-0.2, -0.15) is 25.3 Å². The SMILES string of the molecule is C=CCOC(=O)NCCCC[C@H](NC(=O)[C@@H](N)CS)C(=O)N[C@@H](CCC(N)=O)C(=O)N[C@@H](Cc1ccc(O)cc1)C(=O)N[C@@H](Cc1ccccc1)C(=O)N1CCC[C@H]1C(=O)N1CCC[C@H]1C(=O)N[C@H](C(=O)N[C@@H](CC(C)C)C(=O)N[C@@H](CS)C(N)=O)[C@@H](C)CC. The third-order valence-electron chi connectivity index (χ3n) is 15.5. The van der Waals surface area contributed by atoms with Crippen LogP contribution in [0.5, 0.6) is 5.75 Å². The maximum atomic E-state index is 15.2. The molecule has 2 heterocycles. The summed E-state index contributed by atoms with van der Waals surface area (Å²) in [4.78, 5) is 167. The number of hydrogen-bond donors (Lipinski definition) is 14. The van der Waals surface area contributed by atoms with Gasteiger partial charge in [0.05, 0.1) is 6.04 Å². The summed E-state index contributed by atoms with van der Waals surface area (Å²) in [7, 11) is 0. The van der Waals surface area contributed by atoms with Gasteiger partial charge in [0.25, 0.3) is 0 Å². The van der Waals surface area contributed by atoms with Crippen LogP contribution in [0.15, 0.2) is 67.3 Å². The number of nitrogens with zero attached hydrogens (tertiary/aromatic N) is 2. The van der Waals surface area contributed by atoms with E-state index in [4.69, 9.17) is 21.9 Å². The summed E-state index contributed by atoms with van der Waals surface area (Å²) >= 11 is 8.20. The lowest BCUT2D eigenvalue weighted by molar-refractivity contribution is -0.148. The molecule has 0 aromatic heterocycles. The minimum absolute atomic E-state index is 0.00668. The third kappa shape index (κ3) is 23.8. The number of alkyl carbamates (subject to hydrolysis) is 1. The highest BCUT2D eigenvalue weighted by Crippen LogP contribution is 2.27. The monoisotopic (exact) mass is 1290 g/mol. The van der Waals surface area contributed by atoms with Gasteiger partial charge in [0.1, 0.15) is 66.7 Å². The third-order valence-corrected chi connectivity index (χ3v) is 16.3. The van der Waals surface area contributed by atoms with E-state index in [0.29, 0.717) is 36.8 Å². The van der Waals surface area contributed by atoms with Gasteiger partial charge in [0.2, 0.25) is 65.0 Å². The maximum Gasteiger partial charge on any atom is 0.407 e. The van der Waals surface area contributed by atoms with Gasteiger partial charge in [-0.25, -0.2) is 4.79 Å². The molecular formula is C61H91N13O14S2. The van der Waals surface area contributed by atoms with E-state index in [0.717, 1.165) is 0 Å². The molecule has 2 aliphatic rings. The molecule has 0 aliphatic carbocycles. The fourth-order valence-corrected chi connectivity index (χ4v) is 10.8. The molecule has 2 fully saturated rings. The fraction of sp³-hybridized carbons (Fsp3) is 0.574. The second kappa shape index (κ2) is 37.9. The van der Waals surface area contributed by atoms with Gasteiger partial charge in [0, 0.05) is 50.4 Å². The molecule has 15 N–H and O–H groups in total. The van der Waals surface area contributed by atoms with E-state index in [2.05, 4.69) is 74.4 Å². The standard InChI is InChI=1S/C61H91N13O14S2/c1-6-29-88-61(87)65-26-12-11-17-41(66-52(78)40(62)33-89)53(79)67-42(24-25-49(63)76)54(80)68-44(31-38-20-22-39(75)23-21-38)56(82)70-45(32-37-15-9-8-10-16-37)59(85)74-28-14-19-48(74)60(86)73-27-13-18-47(73)57(83)72-50(36(5)7-2)58(84)69-43(30-35(3)4)55(81)71-46(34-90)51(64)77/h6,8-10,15-16,20-23,35-36,40-48,50,75,89-90H,1,7,11-14,17-19,24-34,62H2,2-5H3,(H2,63,76)(H2,64,77)(H,65,87)(H,66,78)(H,67,79)(H,68,80)(H,69,84)(H,70,82)(H,71,81)(H,72,83)/t36-,40-,41-,42-,43-,44-,45-,46-,47-,48-,50-/m0/s1. The first-order chi connectivity index (χ1) is 42.8. The number of amides is 12. The Morgan fingerprint density at radius 2 is 1.20 bits per heavy atom. The summed E-state index contributed by atoms with van der Waals surface area (Å²) in [5.41, 5.74) is 18.0. The highest BCUT2D eigenvalue weighted by Gasteiger charge is 2.45. The minimum atomic E-state index is -1.55. The Kier molecular flexibility index (Phi) is 31.4. The zero-order chi connectivity index (χ0) is 66.6. The predicted molar refractivity (Wildman–Crippen MR) is 341 cm³/mol. The van der Waals surface area contributed by atoms with Gasteiger partial charge in [-0.1, -0.05) is 89.2 Å². The molecule has 0 saturated carbocycles. The quantitative estimate of drug-likeness (QED) is 0.0234. The van der Waals surface area contributed by atoms with Crippen molar-refractivity contribution >= 4 is 96.3 Å². The van der Waals surface area contributed by atoms with Crippen LogP contribution in [-0.4, -0.2) is 184 Å². The van der Waals surface area contributed by atoms with Gasteiger partial charge < -0.3 is 79.4 Å². The van der Waals surface area contributed by atoms with Crippen molar-refractivity contribution in [1.82, 2.24) is 52.3 Å². The molecule has 2 aliphatic heterocycles. The van der Waals surface area contributed by atoms with E-state index in [1.807, 2.05) is 20.8 Å². The van der Waals surface area contributed by atoms with Gasteiger partial charge in [-0.05, 0) is 92.9 Å². The number of unbranched alkanes of at least 4 members (excludes halogenated alkanes) is 1. The van der Waals surface area contributed by atoms with Crippen molar-refractivity contribution in [3.63, 3.8) is 0 Å². The summed E-state index contributed by atoms with van der Waals surface area (Å²) in [6, 6.07) is 2.13. The molecule has 11 atom stereocenters. The van der Waals surface area contributed by atoms with Crippen LogP contribution in [0.25, 0.3) is 0 Å². The number of phenols is 1. The first-order valence-corrected chi connectivity index (χ1v) is 31.7. The molecular weight excluding hydrogens is 1200 g/mol. The van der Waals surface area contributed by atoms with E-state index in [-0.39, 0.29) is 101 Å². The first-order valence-electron chi connectivity index (χ1n) is 30.4. The van der Waals surface area contributed by atoms with Crippen molar-refractivity contribution in [2.24, 2.45) is 29.0 Å². The van der Waals surface area contributed by atoms with Crippen molar-refractivity contribution in [2.75, 3.05) is 37.7 Å². The fourth-order valence-electron chi connectivity index (χ4n) is 10.4. The normalized spacial score (nSPS) is 17.5. The largest absolute Gasteiger partial charge is 0.508 e. The van der Waals surface area contributed by atoms with Gasteiger partial charge in [-0.15, -0.1) is 0 Å². The van der Waals surface area contributed by atoms with Crippen molar-refractivity contribution in [2.45, 2.75) is 172 Å². The van der Waals surface area contributed by atoms with Crippen molar-refractivity contribution in [1.29, 1.82) is 0 Å². The molecule has 4 rings (SSSR count). The number of hydrogen-bond acceptors (Lipinski definition) is 17. The predicted octanol–water partition coefficient (Wildman–Crippen LogP) is -0.335. The number of carbonyl (C=O) groups excluding carboxylic acids is 12. The zero-order valence-corrected chi connectivity index (χ0v) is 53.4. The molecule has 0 spiro atoms. The first kappa shape index (κ1) is 74.5. The summed E-state index contributed by atoms with van der Waals surface area (Å²) in [6.45, 7) is 11.1. The van der Waals surface area contributed by atoms with Crippen LogP contribution in [0, 0.1) is 11.8 Å². The van der Waals surface area contributed by atoms with E-state index in [1.54, 1.807) is 37.3 Å². The smallest absolute Gasteiger partial charge is 0.407 e. The van der Waals surface area contributed by atoms with E-state index < -0.39 is 144 Å². The Labute approximate surface area is 536 Å². The molecule has 0 radical (unpaired) electrons. The summed E-state index contributed by atoms with van der Waals surface area (Å²) < 4.78 is 4.91. The number of aromatic hydroxyl groups is 1. The number of phenolic OH excluding ortho intramolecular Hbond substituents is 1. The number of primary amides is 2. The lowest BCUT2D eigenvalue weighted by atomic mass is 9.96. The molecule has 0 unspecified atom stereocenters. The molecule has 496 valence electrons. The maximum absolute atomic E-state index is 15.2. The summed E-state index contributed by atoms with van der Waals surface area (Å²) in [5.74, 6) is -8.94. The van der Waals surface area contributed by atoms with Crippen LogP contribution in [-0.2, 0) is 70.3 Å². The van der Waals surface area contributed by atoms with Gasteiger partial charge in [0.15, 0.2) is 0 Å². The number of carbonyl (C=O) groups is 12. The highest BCUT2D eigenvalue weighted by atomic mass is 32.1. The van der Waals surface area contributed by atoms with Crippen LogP contribution in [0.3, 0.4) is 0 Å². The lowest BCUT2D eigenvalue weighted by Gasteiger charge is -2.34.